The van der Waals surface area contributed by atoms with E-state index >= 15 is 0 Å². The van der Waals surface area contributed by atoms with Crippen LogP contribution in [0, 0.1) is 0 Å². The van der Waals surface area contributed by atoms with E-state index in [1.54, 1.807) is 0 Å². The minimum Gasteiger partial charge on any atom is -0.463 e. The average molecular weight is 304 g/mol. The van der Waals surface area contributed by atoms with E-state index in [0.717, 1.165) is 49.2 Å². The predicted octanol–water partition coefficient (Wildman–Crippen LogP) is 6.21. The van der Waals surface area contributed by atoms with E-state index in [1.165, 1.54) is 12.8 Å². The van der Waals surface area contributed by atoms with Crippen LogP contribution >= 0.6 is 0 Å². The van der Waals surface area contributed by atoms with Crippen molar-refractivity contribution < 1.29 is 9.47 Å². The Morgan fingerprint density at radius 2 is 1.68 bits per heavy atom. The fourth-order valence-corrected chi connectivity index (χ4v) is 2.35. The second kappa shape index (κ2) is 9.68. The Kier molecular flexibility index (Phi) is 8.26. The minimum absolute atomic E-state index is 0.533. The largest absolute Gasteiger partial charge is 0.463 e. The third-order valence-electron chi connectivity index (χ3n) is 3.82. The van der Waals surface area contributed by atoms with Crippen molar-refractivity contribution in [3.63, 3.8) is 0 Å². The molecule has 0 heterocycles. The molecule has 0 amide bonds. The van der Waals surface area contributed by atoms with Crippen LogP contribution in [0.2, 0.25) is 0 Å². The molecule has 0 N–H and O–H groups in total. The van der Waals surface area contributed by atoms with E-state index in [1.807, 2.05) is 19.1 Å². The average Bonchev–Trinajstić information content (AvgIpc) is 2.50. The molecule has 0 fully saturated rings. The van der Waals surface area contributed by atoms with Gasteiger partial charge in [0.15, 0.2) is 0 Å². The molecule has 22 heavy (non-hydrogen) atoms. The summed E-state index contributed by atoms with van der Waals surface area (Å²) in [5.41, 5.74) is 2.21. The molecule has 0 spiro atoms. The topological polar surface area (TPSA) is 18.5 Å². The number of benzene rings is 1. The summed E-state index contributed by atoms with van der Waals surface area (Å²) in [6, 6.07) is 8.11. The zero-order valence-corrected chi connectivity index (χ0v) is 14.8. The molecule has 0 aromatic heterocycles. The Bertz CT molecular complexity index is 436. The molecule has 0 bridgehead atoms. The Balaban J connectivity index is 2.67. The van der Waals surface area contributed by atoms with Gasteiger partial charge in [-0.1, -0.05) is 57.4 Å². The first-order valence-electron chi connectivity index (χ1n) is 8.59. The number of unbranched alkanes of at least 4 members (excludes halogenated alkanes) is 3. The van der Waals surface area contributed by atoms with Crippen LogP contribution in [0.25, 0.3) is 5.57 Å². The standard InChI is InChI=1S/C20H32O2/c1-6-8-10-16-21-20(5,15-9-7-2)22-19-13-11-18(12-14-19)17(3)4/h11-14H,3,6-10,15-16H2,1-2,4-5H3. The van der Waals surface area contributed by atoms with Gasteiger partial charge in [0, 0.05) is 13.3 Å². The van der Waals surface area contributed by atoms with Crippen molar-refractivity contribution in [2.24, 2.45) is 0 Å². The van der Waals surface area contributed by atoms with Crippen molar-refractivity contribution in [2.75, 3.05) is 6.61 Å². The highest BCUT2D eigenvalue weighted by Crippen LogP contribution is 2.26. The molecule has 0 radical (unpaired) electrons. The van der Waals surface area contributed by atoms with Gasteiger partial charge in [0.05, 0.1) is 6.61 Å². The van der Waals surface area contributed by atoms with Crippen molar-refractivity contribution in [3.8, 4) is 5.75 Å². The summed E-state index contributed by atoms with van der Waals surface area (Å²) in [4.78, 5) is 0. The molecule has 0 saturated heterocycles. The third-order valence-corrected chi connectivity index (χ3v) is 3.82. The van der Waals surface area contributed by atoms with Crippen LogP contribution in [0.5, 0.6) is 5.75 Å². The predicted molar refractivity (Wildman–Crippen MR) is 95.2 cm³/mol. The lowest BCUT2D eigenvalue weighted by Crippen LogP contribution is -2.36. The fourth-order valence-electron chi connectivity index (χ4n) is 2.35. The van der Waals surface area contributed by atoms with Crippen LogP contribution in [0.15, 0.2) is 30.8 Å². The van der Waals surface area contributed by atoms with Crippen LogP contribution in [0.4, 0.5) is 0 Å². The smallest absolute Gasteiger partial charge is 0.207 e. The number of allylic oxidation sites excluding steroid dienone is 1. The Morgan fingerprint density at radius 3 is 2.23 bits per heavy atom. The van der Waals surface area contributed by atoms with E-state index in [-0.39, 0.29) is 0 Å². The maximum atomic E-state index is 6.17. The molecule has 2 heteroatoms. The highest BCUT2D eigenvalue weighted by atomic mass is 16.7. The quantitative estimate of drug-likeness (QED) is 0.357. The van der Waals surface area contributed by atoms with Gasteiger partial charge in [0.2, 0.25) is 5.79 Å². The normalized spacial score (nSPS) is 13.6. The summed E-state index contributed by atoms with van der Waals surface area (Å²) in [6.07, 6.45) is 6.67. The molecule has 0 saturated carbocycles. The summed E-state index contributed by atoms with van der Waals surface area (Å²) in [5.74, 6) is 0.327. The van der Waals surface area contributed by atoms with Gasteiger partial charge >= 0.3 is 0 Å². The maximum absolute atomic E-state index is 6.17. The molecule has 0 aliphatic heterocycles. The Labute approximate surface area is 136 Å². The molecular formula is C20H32O2. The van der Waals surface area contributed by atoms with Crippen molar-refractivity contribution in [1.29, 1.82) is 0 Å². The second-order valence-corrected chi connectivity index (χ2v) is 6.20. The summed E-state index contributed by atoms with van der Waals surface area (Å²) >= 11 is 0. The zero-order valence-electron chi connectivity index (χ0n) is 14.8. The summed E-state index contributed by atoms with van der Waals surface area (Å²) in [5, 5.41) is 0. The SMILES string of the molecule is C=C(C)c1ccc(OC(C)(CCCC)OCCCCC)cc1. The Hall–Kier alpha value is -1.28. The van der Waals surface area contributed by atoms with E-state index in [0.29, 0.717) is 0 Å². The van der Waals surface area contributed by atoms with Crippen molar-refractivity contribution >= 4 is 5.57 Å². The lowest BCUT2D eigenvalue weighted by Gasteiger charge is -2.31. The first-order valence-corrected chi connectivity index (χ1v) is 8.59. The molecule has 1 rings (SSSR count). The van der Waals surface area contributed by atoms with Gasteiger partial charge < -0.3 is 9.47 Å². The number of hydrogen-bond donors (Lipinski definition) is 0. The molecule has 1 aromatic carbocycles. The van der Waals surface area contributed by atoms with E-state index in [4.69, 9.17) is 9.47 Å². The summed E-state index contributed by atoms with van der Waals surface area (Å²) in [7, 11) is 0. The number of ether oxygens (including phenoxy) is 2. The van der Waals surface area contributed by atoms with Crippen molar-refractivity contribution in [1.82, 2.24) is 0 Å². The van der Waals surface area contributed by atoms with E-state index < -0.39 is 5.79 Å². The van der Waals surface area contributed by atoms with Gasteiger partial charge in [-0.05, 0) is 37.5 Å². The van der Waals surface area contributed by atoms with Crippen molar-refractivity contribution in [3.05, 3.63) is 36.4 Å². The molecule has 2 nitrogen and oxygen atoms in total. The lowest BCUT2D eigenvalue weighted by atomic mass is 10.1. The van der Waals surface area contributed by atoms with Crippen LogP contribution in [0.3, 0.4) is 0 Å². The van der Waals surface area contributed by atoms with E-state index in [9.17, 15) is 0 Å². The molecule has 124 valence electrons. The molecule has 0 aliphatic carbocycles. The van der Waals surface area contributed by atoms with Gasteiger partial charge in [-0.15, -0.1) is 0 Å². The van der Waals surface area contributed by atoms with Gasteiger partial charge in [-0.3, -0.25) is 0 Å². The van der Waals surface area contributed by atoms with Crippen LogP contribution in [-0.4, -0.2) is 12.4 Å². The minimum atomic E-state index is -0.533. The second-order valence-electron chi connectivity index (χ2n) is 6.20. The summed E-state index contributed by atoms with van der Waals surface area (Å²) in [6.45, 7) is 13.2. The number of rotatable bonds is 11. The zero-order chi connectivity index (χ0) is 16.4. The molecule has 1 aromatic rings. The monoisotopic (exact) mass is 304 g/mol. The highest BCUT2D eigenvalue weighted by Gasteiger charge is 2.26. The molecule has 1 atom stereocenters. The van der Waals surface area contributed by atoms with Crippen LogP contribution in [-0.2, 0) is 4.74 Å². The third kappa shape index (κ3) is 6.65. The maximum Gasteiger partial charge on any atom is 0.207 e. The van der Waals surface area contributed by atoms with Crippen LogP contribution < -0.4 is 4.74 Å². The van der Waals surface area contributed by atoms with Crippen molar-refractivity contribution in [2.45, 2.75) is 72.0 Å². The van der Waals surface area contributed by atoms with Gasteiger partial charge in [-0.2, -0.15) is 0 Å². The highest BCUT2D eigenvalue weighted by molar-refractivity contribution is 5.61. The number of hydrogen-bond acceptors (Lipinski definition) is 2. The van der Waals surface area contributed by atoms with Gasteiger partial charge in [0.25, 0.3) is 0 Å². The van der Waals surface area contributed by atoms with Gasteiger partial charge in [0.1, 0.15) is 5.75 Å². The van der Waals surface area contributed by atoms with Crippen LogP contribution in [0.1, 0.15) is 71.8 Å². The molecule has 1 unspecified atom stereocenters. The first-order chi connectivity index (χ1) is 10.5. The Morgan fingerprint density at radius 1 is 1.05 bits per heavy atom. The van der Waals surface area contributed by atoms with Gasteiger partial charge in [-0.25, -0.2) is 0 Å². The molecule has 0 aliphatic rings. The molecular weight excluding hydrogens is 272 g/mol. The summed E-state index contributed by atoms with van der Waals surface area (Å²) < 4.78 is 12.2. The fraction of sp³-hybridized carbons (Fsp3) is 0.600. The lowest BCUT2D eigenvalue weighted by molar-refractivity contribution is -0.175. The first kappa shape index (κ1) is 18.8. The van der Waals surface area contributed by atoms with E-state index in [2.05, 4.69) is 39.5 Å².